The molecule has 0 amide bonds. The maximum absolute atomic E-state index is 2.46. The summed E-state index contributed by atoms with van der Waals surface area (Å²) in [5.74, 6) is 0. The molecule has 0 aliphatic rings. The molecule has 2 aromatic heterocycles. The molecule has 0 saturated heterocycles. The molecule has 0 saturated carbocycles. The van der Waals surface area contributed by atoms with Crippen LogP contribution < -0.4 is 9.80 Å². The summed E-state index contributed by atoms with van der Waals surface area (Å²) in [5, 5.41) is 12.4. The van der Waals surface area contributed by atoms with Crippen molar-refractivity contribution in [1.82, 2.24) is 0 Å². The Hall–Kier alpha value is -7.76. The van der Waals surface area contributed by atoms with Gasteiger partial charge in [0.25, 0.3) is 0 Å². The highest BCUT2D eigenvalue weighted by Crippen LogP contribution is 2.47. The molecule has 300 valence electrons. The molecule has 0 atom stereocenters. The molecule has 11 aromatic carbocycles. The van der Waals surface area contributed by atoms with Crippen LogP contribution in [0.4, 0.5) is 34.1 Å². The van der Waals surface area contributed by atoms with Gasteiger partial charge in [-0.15, -0.1) is 22.7 Å². The number of hydrogen-bond acceptors (Lipinski definition) is 4. The van der Waals surface area contributed by atoms with Gasteiger partial charge in [-0.2, -0.15) is 0 Å². The Bertz CT molecular complexity index is 3870. The lowest BCUT2D eigenvalue weighted by Crippen LogP contribution is -2.14. The van der Waals surface area contributed by atoms with E-state index in [1.807, 2.05) is 22.7 Å². The monoisotopic (exact) mass is 850 g/mol. The van der Waals surface area contributed by atoms with E-state index < -0.39 is 0 Å². The molecular formula is C60H38N2S2. The predicted octanol–water partition coefficient (Wildman–Crippen LogP) is 18.5. The summed E-state index contributed by atoms with van der Waals surface area (Å²) in [6.07, 6.45) is 0. The summed E-state index contributed by atoms with van der Waals surface area (Å²) in [4.78, 5) is 4.90. The van der Waals surface area contributed by atoms with Crippen molar-refractivity contribution in [2.24, 2.45) is 0 Å². The van der Waals surface area contributed by atoms with Gasteiger partial charge in [0.2, 0.25) is 0 Å². The zero-order valence-corrected chi connectivity index (χ0v) is 36.3. The van der Waals surface area contributed by atoms with Crippen LogP contribution in [0, 0.1) is 0 Å². The first-order valence-electron chi connectivity index (χ1n) is 21.7. The van der Waals surface area contributed by atoms with Crippen LogP contribution in [0.5, 0.6) is 0 Å². The second-order valence-corrected chi connectivity index (χ2v) is 18.8. The summed E-state index contributed by atoms with van der Waals surface area (Å²) in [6, 6.07) is 85.2. The van der Waals surface area contributed by atoms with Crippen molar-refractivity contribution < 1.29 is 0 Å². The van der Waals surface area contributed by atoms with Gasteiger partial charge in [-0.25, -0.2) is 0 Å². The Morgan fingerprint density at radius 3 is 1.09 bits per heavy atom. The quantitative estimate of drug-likeness (QED) is 0.158. The average Bonchev–Trinajstić information content (AvgIpc) is 3.92. The summed E-state index contributed by atoms with van der Waals surface area (Å²) in [6.45, 7) is 0. The Morgan fingerprint density at radius 1 is 0.219 bits per heavy atom. The van der Waals surface area contributed by atoms with E-state index in [0.717, 1.165) is 39.7 Å². The molecule has 2 nitrogen and oxygen atoms in total. The van der Waals surface area contributed by atoms with E-state index in [4.69, 9.17) is 0 Å². The summed E-state index contributed by atoms with van der Waals surface area (Å²) in [7, 11) is 0. The van der Waals surface area contributed by atoms with Gasteiger partial charge in [-0.05, 0) is 128 Å². The number of rotatable bonds is 7. The van der Waals surface area contributed by atoms with Gasteiger partial charge in [0.1, 0.15) is 0 Å². The van der Waals surface area contributed by atoms with E-state index >= 15 is 0 Å². The standard InChI is InChI=1S/C60H38N2S2/c1-4-14-42-31-47(25-21-39(42)11-1)61(48-26-22-40-12-2-5-15-43(40)32-48)51-34-46(45-24-29-55-53-17-7-9-19-57(53)63-59(55)36-45)35-52(37-51)62(49-27-23-41-13-3-6-16-44(41)33-49)50-28-30-56-54-18-8-10-20-58(54)64-60(56)38-50/h1-38H. The fourth-order valence-electron chi connectivity index (χ4n) is 9.62. The van der Waals surface area contributed by atoms with Crippen LogP contribution >= 0.6 is 22.7 Å². The number of anilines is 6. The molecule has 0 unspecified atom stereocenters. The van der Waals surface area contributed by atoms with Crippen LogP contribution in [0.15, 0.2) is 231 Å². The van der Waals surface area contributed by atoms with Crippen molar-refractivity contribution in [1.29, 1.82) is 0 Å². The Morgan fingerprint density at radius 2 is 0.594 bits per heavy atom. The van der Waals surface area contributed by atoms with Crippen LogP contribution in [0.2, 0.25) is 0 Å². The van der Waals surface area contributed by atoms with Crippen LogP contribution in [0.25, 0.3) is 83.8 Å². The highest BCUT2D eigenvalue weighted by atomic mass is 32.1. The summed E-state index contributed by atoms with van der Waals surface area (Å²) >= 11 is 3.72. The van der Waals surface area contributed by atoms with Gasteiger partial charge < -0.3 is 9.80 Å². The highest BCUT2D eigenvalue weighted by molar-refractivity contribution is 7.26. The molecule has 0 aliphatic heterocycles. The zero-order valence-electron chi connectivity index (χ0n) is 34.7. The minimum atomic E-state index is 1.07. The van der Waals surface area contributed by atoms with Gasteiger partial charge in [0, 0.05) is 74.5 Å². The summed E-state index contributed by atoms with van der Waals surface area (Å²) in [5.41, 5.74) is 8.88. The smallest absolute Gasteiger partial charge is 0.0488 e. The first kappa shape index (κ1) is 36.9. The Kier molecular flexibility index (Phi) is 8.61. The molecule has 0 N–H and O–H groups in total. The molecular weight excluding hydrogens is 813 g/mol. The fraction of sp³-hybridized carbons (Fsp3) is 0. The normalized spacial score (nSPS) is 11.8. The lowest BCUT2D eigenvalue weighted by Gasteiger charge is -2.31. The number of thiophene rings is 2. The second-order valence-electron chi connectivity index (χ2n) is 16.6. The fourth-order valence-corrected chi connectivity index (χ4v) is 11.9. The molecule has 0 fully saturated rings. The van der Waals surface area contributed by atoms with Gasteiger partial charge in [0.05, 0.1) is 0 Å². The molecule has 13 aromatic rings. The topological polar surface area (TPSA) is 6.48 Å². The highest BCUT2D eigenvalue weighted by Gasteiger charge is 2.22. The Labute approximate surface area is 378 Å². The predicted molar refractivity (Wildman–Crippen MR) is 280 cm³/mol. The zero-order chi connectivity index (χ0) is 42.1. The van der Waals surface area contributed by atoms with Gasteiger partial charge in [-0.3, -0.25) is 0 Å². The van der Waals surface area contributed by atoms with Crippen molar-refractivity contribution in [3.8, 4) is 11.1 Å². The minimum absolute atomic E-state index is 1.07. The second kappa shape index (κ2) is 15.0. The van der Waals surface area contributed by atoms with Crippen molar-refractivity contribution in [2.75, 3.05) is 9.80 Å². The molecule has 0 aliphatic carbocycles. The third kappa shape index (κ3) is 6.30. The maximum Gasteiger partial charge on any atom is 0.0488 e. The first-order chi connectivity index (χ1) is 31.7. The minimum Gasteiger partial charge on any atom is -0.310 e. The molecule has 0 radical (unpaired) electrons. The van der Waals surface area contributed by atoms with E-state index in [2.05, 4.69) is 240 Å². The molecule has 64 heavy (non-hydrogen) atoms. The van der Waals surface area contributed by atoms with Crippen molar-refractivity contribution in [3.63, 3.8) is 0 Å². The first-order valence-corrected chi connectivity index (χ1v) is 23.4. The SMILES string of the molecule is c1ccc2cc(N(c3cc(-c4ccc5c(c4)sc4ccccc45)cc(N(c4ccc5ccccc5c4)c4ccc5c(c4)sc4ccccc45)c3)c3ccc4ccccc4c3)ccc2c1. The van der Waals surface area contributed by atoms with Crippen LogP contribution in [-0.2, 0) is 0 Å². The van der Waals surface area contributed by atoms with Crippen molar-refractivity contribution >= 4 is 129 Å². The van der Waals surface area contributed by atoms with Crippen molar-refractivity contribution in [2.45, 2.75) is 0 Å². The third-order valence-corrected chi connectivity index (χ3v) is 15.0. The van der Waals surface area contributed by atoms with Crippen molar-refractivity contribution in [3.05, 3.63) is 231 Å². The maximum atomic E-state index is 2.46. The summed E-state index contributed by atoms with van der Waals surface area (Å²) < 4.78 is 5.16. The largest absolute Gasteiger partial charge is 0.310 e. The van der Waals surface area contributed by atoms with Crippen LogP contribution in [0.1, 0.15) is 0 Å². The van der Waals surface area contributed by atoms with E-state index in [1.165, 1.54) is 78.2 Å². The number of hydrogen-bond donors (Lipinski definition) is 0. The van der Waals surface area contributed by atoms with E-state index in [9.17, 15) is 0 Å². The van der Waals surface area contributed by atoms with Gasteiger partial charge >= 0.3 is 0 Å². The van der Waals surface area contributed by atoms with Gasteiger partial charge in [0.15, 0.2) is 0 Å². The van der Waals surface area contributed by atoms with Gasteiger partial charge in [-0.1, -0.05) is 146 Å². The average molecular weight is 851 g/mol. The molecule has 13 rings (SSSR count). The Balaban J connectivity index is 1.09. The van der Waals surface area contributed by atoms with E-state index in [0.29, 0.717) is 0 Å². The third-order valence-electron chi connectivity index (χ3n) is 12.7. The van der Waals surface area contributed by atoms with E-state index in [1.54, 1.807) is 0 Å². The lowest BCUT2D eigenvalue weighted by molar-refractivity contribution is 1.26. The molecule has 0 bridgehead atoms. The van der Waals surface area contributed by atoms with Crippen LogP contribution in [-0.4, -0.2) is 0 Å². The lowest BCUT2D eigenvalue weighted by atomic mass is 10.00. The molecule has 4 heteroatoms. The van der Waals surface area contributed by atoms with E-state index in [-0.39, 0.29) is 0 Å². The van der Waals surface area contributed by atoms with Crippen LogP contribution in [0.3, 0.4) is 0 Å². The number of benzene rings is 11. The number of fused-ring (bicyclic) bond motifs is 9. The molecule has 0 spiro atoms. The molecule has 2 heterocycles. The number of nitrogens with zero attached hydrogens (tertiary/aromatic N) is 2.